The summed E-state index contributed by atoms with van der Waals surface area (Å²) in [6, 6.07) is 6.63. The molecular weight excluding hydrogens is 336 g/mol. The highest BCUT2D eigenvalue weighted by atomic mass is 16.2. The quantitative estimate of drug-likeness (QED) is 0.858. The first-order chi connectivity index (χ1) is 12.8. The van der Waals surface area contributed by atoms with Gasteiger partial charge in [0, 0.05) is 24.8 Å². The lowest BCUT2D eigenvalue weighted by Gasteiger charge is -2.35. The first-order valence-electron chi connectivity index (χ1n) is 9.94. The lowest BCUT2D eigenvalue weighted by Crippen LogP contribution is -2.37. The zero-order valence-electron chi connectivity index (χ0n) is 17.0. The summed E-state index contributed by atoms with van der Waals surface area (Å²) < 4.78 is 1.86. The molecule has 144 valence electrons. The van der Waals surface area contributed by atoms with E-state index >= 15 is 0 Å². The molecule has 5 nitrogen and oxygen atoms in total. The zero-order chi connectivity index (χ0) is 19.3. The number of nitrogens with zero attached hydrogens (tertiary/aromatic N) is 2. The minimum absolute atomic E-state index is 0.0989. The molecule has 2 aromatic rings. The monoisotopic (exact) mass is 366 g/mol. The topological polar surface area (TPSA) is 59.0 Å². The van der Waals surface area contributed by atoms with E-state index in [0.29, 0.717) is 12.5 Å². The lowest BCUT2D eigenvalue weighted by molar-refractivity contribution is 0.236. The van der Waals surface area contributed by atoms with Gasteiger partial charge in [0.15, 0.2) is 0 Å². The summed E-state index contributed by atoms with van der Waals surface area (Å²) in [5.74, 6) is 0.581. The number of amides is 2. The fourth-order valence-electron chi connectivity index (χ4n) is 4.98. The third-order valence-corrected chi connectivity index (χ3v) is 6.68. The predicted octanol–water partition coefficient (Wildman–Crippen LogP) is 4.14. The lowest BCUT2D eigenvalue weighted by atomic mass is 9.69. The first kappa shape index (κ1) is 18.1. The highest BCUT2D eigenvalue weighted by molar-refractivity contribution is 5.75. The van der Waals surface area contributed by atoms with Crippen molar-refractivity contribution in [3.05, 3.63) is 51.8 Å². The molecular formula is C22H30N4O. The first-order valence-corrected chi connectivity index (χ1v) is 9.94. The van der Waals surface area contributed by atoms with E-state index in [1.807, 2.05) is 25.6 Å². The van der Waals surface area contributed by atoms with Crippen LogP contribution >= 0.6 is 0 Å². The average molecular weight is 367 g/mol. The molecule has 2 aliphatic carbocycles. The van der Waals surface area contributed by atoms with Crippen molar-refractivity contribution in [1.82, 2.24) is 20.4 Å². The van der Waals surface area contributed by atoms with Crippen LogP contribution in [0.1, 0.15) is 78.7 Å². The van der Waals surface area contributed by atoms with E-state index in [-0.39, 0.29) is 17.5 Å². The Labute approximate surface area is 161 Å². The maximum Gasteiger partial charge on any atom is 0.315 e. The van der Waals surface area contributed by atoms with Crippen molar-refractivity contribution < 1.29 is 4.79 Å². The molecule has 0 saturated heterocycles. The van der Waals surface area contributed by atoms with Crippen molar-refractivity contribution in [2.75, 3.05) is 0 Å². The average Bonchev–Trinajstić information content (AvgIpc) is 3.08. The number of aromatic nitrogens is 2. The summed E-state index contributed by atoms with van der Waals surface area (Å²) in [4.78, 5) is 12.6. The van der Waals surface area contributed by atoms with E-state index in [0.717, 1.165) is 23.4 Å². The highest BCUT2D eigenvalue weighted by Gasteiger charge is 2.40. The minimum atomic E-state index is -0.0989. The van der Waals surface area contributed by atoms with Crippen LogP contribution in [0.3, 0.4) is 0 Å². The van der Waals surface area contributed by atoms with E-state index in [2.05, 4.69) is 47.8 Å². The molecule has 4 rings (SSSR count). The fourth-order valence-corrected chi connectivity index (χ4v) is 4.98. The number of carbonyl (C=O) groups is 1. The van der Waals surface area contributed by atoms with E-state index in [9.17, 15) is 4.79 Å². The van der Waals surface area contributed by atoms with Crippen molar-refractivity contribution in [2.24, 2.45) is 7.05 Å². The standard InChI is InChI=1S/C22H30N4O/c1-13-17(14(2)26(5)25-13)12-23-21(27)24-19-11-15-9-10-22(3,4)18-8-6-7-16(19)20(15)18/h6-8,15,19H,9-12H2,1-5H3,(H2,23,24,27). The van der Waals surface area contributed by atoms with Gasteiger partial charge >= 0.3 is 6.03 Å². The number of urea groups is 1. The van der Waals surface area contributed by atoms with Gasteiger partial charge in [-0.3, -0.25) is 4.68 Å². The van der Waals surface area contributed by atoms with Gasteiger partial charge in [-0.1, -0.05) is 32.0 Å². The minimum Gasteiger partial charge on any atom is -0.334 e. The number of benzene rings is 1. The van der Waals surface area contributed by atoms with E-state index in [1.165, 1.54) is 29.5 Å². The Morgan fingerprint density at radius 3 is 2.81 bits per heavy atom. The van der Waals surface area contributed by atoms with Gasteiger partial charge in [-0.15, -0.1) is 0 Å². The van der Waals surface area contributed by atoms with Crippen LogP contribution in [0.25, 0.3) is 0 Å². The molecule has 0 saturated carbocycles. The second-order valence-corrected chi connectivity index (χ2v) is 8.82. The largest absolute Gasteiger partial charge is 0.334 e. The third-order valence-electron chi connectivity index (χ3n) is 6.68. The summed E-state index contributed by atoms with van der Waals surface area (Å²) in [5, 5.41) is 10.7. The van der Waals surface area contributed by atoms with Crippen molar-refractivity contribution in [1.29, 1.82) is 0 Å². The number of aryl methyl sites for hydroxylation is 2. The Hall–Kier alpha value is -2.30. The fraction of sp³-hybridized carbons (Fsp3) is 0.545. The molecule has 2 unspecified atom stereocenters. The van der Waals surface area contributed by atoms with Crippen LogP contribution in [0, 0.1) is 13.8 Å². The summed E-state index contributed by atoms with van der Waals surface area (Å²) in [5.41, 5.74) is 7.68. The number of hydrogen-bond donors (Lipinski definition) is 2. The molecule has 2 aliphatic rings. The third kappa shape index (κ3) is 3.03. The molecule has 0 fully saturated rings. The van der Waals surface area contributed by atoms with Gasteiger partial charge in [0.1, 0.15) is 0 Å². The molecule has 0 bridgehead atoms. The van der Waals surface area contributed by atoms with Gasteiger partial charge in [-0.2, -0.15) is 5.10 Å². The van der Waals surface area contributed by atoms with Gasteiger partial charge in [-0.05, 0) is 61.1 Å². The van der Waals surface area contributed by atoms with Crippen LogP contribution < -0.4 is 10.6 Å². The number of nitrogens with one attached hydrogen (secondary N) is 2. The summed E-state index contributed by atoms with van der Waals surface area (Å²) >= 11 is 0. The zero-order valence-corrected chi connectivity index (χ0v) is 17.0. The Balaban J connectivity index is 1.48. The Bertz CT molecular complexity index is 896. The molecule has 2 amide bonds. The van der Waals surface area contributed by atoms with Gasteiger partial charge in [0.25, 0.3) is 0 Å². The highest BCUT2D eigenvalue weighted by Crippen LogP contribution is 2.52. The van der Waals surface area contributed by atoms with Crippen LogP contribution in [-0.4, -0.2) is 15.8 Å². The maximum atomic E-state index is 12.6. The molecule has 0 spiro atoms. The second kappa shape index (κ2) is 6.39. The van der Waals surface area contributed by atoms with Crippen molar-refractivity contribution in [3.8, 4) is 0 Å². The van der Waals surface area contributed by atoms with Crippen molar-refractivity contribution >= 4 is 6.03 Å². The molecule has 27 heavy (non-hydrogen) atoms. The van der Waals surface area contributed by atoms with Crippen molar-refractivity contribution in [2.45, 2.75) is 70.9 Å². The number of carbonyl (C=O) groups excluding carboxylic acids is 1. The molecule has 0 aliphatic heterocycles. The molecule has 1 aromatic heterocycles. The Kier molecular flexibility index (Phi) is 4.28. The smallest absolute Gasteiger partial charge is 0.315 e. The van der Waals surface area contributed by atoms with Crippen molar-refractivity contribution in [3.63, 3.8) is 0 Å². The molecule has 1 heterocycles. The molecule has 2 atom stereocenters. The van der Waals surface area contributed by atoms with E-state index in [4.69, 9.17) is 0 Å². The predicted molar refractivity (Wildman–Crippen MR) is 107 cm³/mol. The van der Waals surface area contributed by atoms with Crippen LogP contribution in [-0.2, 0) is 19.0 Å². The summed E-state index contributed by atoms with van der Waals surface area (Å²) in [6.07, 6.45) is 3.44. The Morgan fingerprint density at radius 2 is 2.11 bits per heavy atom. The maximum absolute atomic E-state index is 12.6. The van der Waals surface area contributed by atoms with Crippen LogP contribution in [0.15, 0.2) is 18.2 Å². The van der Waals surface area contributed by atoms with Gasteiger partial charge in [-0.25, -0.2) is 4.79 Å². The summed E-state index contributed by atoms with van der Waals surface area (Å²) in [7, 11) is 1.93. The van der Waals surface area contributed by atoms with Gasteiger partial charge in [0.2, 0.25) is 0 Å². The molecule has 1 aromatic carbocycles. The normalized spacial score (nSPS) is 22.4. The number of rotatable bonds is 3. The van der Waals surface area contributed by atoms with Crippen LogP contribution in [0.4, 0.5) is 4.79 Å². The Morgan fingerprint density at radius 1 is 1.33 bits per heavy atom. The molecule has 5 heteroatoms. The van der Waals surface area contributed by atoms with Crippen LogP contribution in [0.5, 0.6) is 0 Å². The number of hydrogen-bond acceptors (Lipinski definition) is 2. The SMILES string of the molecule is Cc1nn(C)c(C)c1CNC(=O)NC1CC2CCC(C)(C)c3cccc1c32. The van der Waals surface area contributed by atoms with Gasteiger partial charge in [0.05, 0.1) is 11.7 Å². The molecule has 0 radical (unpaired) electrons. The molecule has 2 N–H and O–H groups in total. The van der Waals surface area contributed by atoms with Crippen LogP contribution in [0.2, 0.25) is 0 Å². The van der Waals surface area contributed by atoms with E-state index < -0.39 is 0 Å². The van der Waals surface area contributed by atoms with Gasteiger partial charge < -0.3 is 10.6 Å². The van der Waals surface area contributed by atoms with E-state index in [1.54, 1.807) is 0 Å². The summed E-state index contributed by atoms with van der Waals surface area (Å²) in [6.45, 7) is 9.20. The second-order valence-electron chi connectivity index (χ2n) is 8.82.